The van der Waals surface area contributed by atoms with E-state index in [-0.39, 0.29) is 5.97 Å². The lowest BCUT2D eigenvalue weighted by atomic mass is 10.0. The van der Waals surface area contributed by atoms with E-state index in [1.165, 1.54) is 24.4 Å². The number of aromatic nitrogens is 3. The molecule has 29 heavy (non-hydrogen) atoms. The summed E-state index contributed by atoms with van der Waals surface area (Å²) in [7, 11) is 1.38. The smallest absolute Gasteiger partial charge is 0.323 e. The highest BCUT2D eigenvalue weighted by molar-refractivity contribution is 8.00. The summed E-state index contributed by atoms with van der Waals surface area (Å²) in [6.45, 7) is 6.12. The molecule has 3 aromatic rings. The summed E-state index contributed by atoms with van der Waals surface area (Å²) in [6.07, 6.45) is 0. The van der Waals surface area contributed by atoms with Crippen LogP contribution in [-0.2, 0) is 9.53 Å². The first kappa shape index (κ1) is 20.8. The van der Waals surface area contributed by atoms with Gasteiger partial charge >= 0.3 is 5.97 Å². The van der Waals surface area contributed by atoms with Gasteiger partial charge in [0.05, 0.1) is 7.11 Å². The summed E-state index contributed by atoms with van der Waals surface area (Å²) in [5, 5.41) is 3.12. The number of benzene rings is 2. The van der Waals surface area contributed by atoms with Crippen molar-refractivity contribution in [2.75, 3.05) is 12.4 Å². The number of rotatable bonds is 7. The Labute approximate surface area is 175 Å². The fraction of sp³-hybridized carbons (Fsp3) is 0.273. The molecule has 0 radical (unpaired) electrons. The van der Waals surface area contributed by atoms with Gasteiger partial charge < -0.3 is 10.1 Å². The van der Waals surface area contributed by atoms with Crippen LogP contribution in [-0.4, -0.2) is 28.0 Å². The second-order valence-electron chi connectivity index (χ2n) is 6.82. The molecule has 0 bridgehead atoms. The van der Waals surface area contributed by atoms with Crippen LogP contribution in [0.5, 0.6) is 0 Å². The van der Waals surface area contributed by atoms with Gasteiger partial charge in [-0.1, -0.05) is 68.1 Å². The molecule has 1 heterocycles. The van der Waals surface area contributed by atoms with Gasteiger partial charge in [0.15, 0.2) is 5.16 Å². The predicted molar refractivity (Wildman–Crippen MR) is 115 cm³/mol. The van der Waals surface area contributed by atoms with E-state index in [0.29, 0.717) is 22.8 Å². The molecule has 0 spiro atoms. The average Bonchev–Trinajstić information content (AvgIpc) is 2.72. The molecule has 7 heteroatoms. The van der Waals surface area contributed by atoms with Crippen LogP contribution in [0.15, 0.2) is 59.8 Å². The molecule has 6 nitrogen and oxygen atoms in total. The van der Waals surface area contributed by atoms with Crippen LogP contribution in [0, 0.1) is 6.92 Å². The van der Waals surface area contributed by atoms with Crippen molar-refractivity contribution in [2.45, 2.75) is 37.1 Å². The van der Waals surface area contributed by atoms with Gasteiger partial charge in [0.2, 0.25) is 5.95 Å². The maximum absolute atomic E-state index is 12.3. The number of anilines is 2. The quantitative estimate of drug-likeness (QED) is 0.433. The number of aryl methyl sites for hydroxylation is 1. The van der Waals surface area contributed by atoms with Crippen molar-refractivity contribution in [3.05, 3.63) is 71.5 Å². The van der Waals surface area contributed by atoms with Crippen molar-refractivity contribution in [1.29, 1.82) is 0 Å². The van der Waals surface area contributed by atoms with Crippen molar-refractivity contribution >= 4 is 29.4 Å². The molecule has 3 rings (SSSR count). The lowest BCUT2D eigenvalue weighted by molar-refractivity contribution is -0.140. The van der Waals surface area contributed by atoms with Gasteiger partial charge in [0.25, 0.3) is 0 Å². The highest BCUT2D eigenvalue weighted by Crippen LogP contribution is 2.34. The van der Waals surface area contributed by atoms with E-state index in [1.54, 1.807) is 6.92 Å². The van der Waals surface area contributed by atoms with Gasteiger partial charge in [-0.3, -0.25) is 4.79 Å². The number of hydrogen-bond acceptors (Lipinski definition) is 7. The zero-order valence-electron chi connectivity index (χ0n) is 16.9. The summed E-state index contributed by atoms with van der Waals surface area (Å²) >= 11 is 1.24. The van der Waals surface area contributed by atoms with Crippen LogP contribution < -0.4 is 5.32 Å². The molecule has 0 aliphatic carbocycles. The lowest BCUT2D eigenvalue weighted by Gasteiger charge is -2.14. The molecule has 0 fully saturated rings. The van der Waals surface area contributed by atoms with Crippen LogP contribution >= 0.6 is 11.8 Å². The minimum absolute atomic E-state index is 0.349. The summed E-state index contributed by atoms with van der Waals surface area (Å²) in [5.74, 6) is 1.13. The number of esters is 1. The highest BCUT2D eigenvalue weighted by atomic mass is 32.2. The zero-order valence-corrected chi connectivity index (χ0v) is 17.7. The molecular weight excluding hydrogens is 384 g/mol. The number of hydrogen-bond donors (Lipinski definition) is 1. The molecule has 0 saturated heterocycles. The predicted octanol–water partition coefficient (Wildman–Crippen LogP) is 5.05. The Morgan fingerprint density at radius 1 is 0.966 bits per heavy atom. The van der Waals surface area contributed by atoms with E-state index in [1.807, 2.05) is 42.5 Å². The first-order chi connectivity index (χ1) is 14.0. The van der Waals surface area contributed by atoms with Gasteiger partial charge in [-0.15, -0.1) is 0 Å². The largest absolute Gasteiger partial charge is 0.468 e. The standard InChI is InChI=1S/C22H24N4O2S/c1-14(2)16-10-12-18(13-11-16)25-21-23-15(3)24-22(26-21)29-19(20(27)28-4)17-8-6-5-7-9-17/h5-14,19H,1-4H3,(H,23,24,25,26). The second kappa shape index (κ2) is 9.52. The fourth-order valence-corrected chi connectivity index (χ4v) is 3.76. The minimum atomic E-state index is -0.554. The first-order valence-electron chi connectivity index (χ1n) is 9.35. The van der Waals surface area contributed by atoms with Crippen LogP contribution in [0.2, 0.25) is 0 Å². The molecular formula is C22H24N4O2S. The van der Waals surface area contributed by atoms with Crippen LogP contribution in [0.1, 0.15) is 42.0 Å². The molecule has 0 saturated carbocycles. The third-order valence-corrected chi connectivity index (χ3v) is 5.39. The Balaban J connectivity index is 1.83. The SMILES string of the molecule is COC(=O)C(Sc1nc(C)nc(Nc2ccc(C(C)C)cc2)n1)c1ccccc1. The number of carbonyl (C=O) groups excluding carboxylic acids is 1. The third-order valence-electron chi connectivity index (χ3n) is 4.30. The minimum Gasteiger partial charge on any atom is -0.468 e. The monoisotopic (exact) mass is 408 g/mol. The fourth-order valence-electron chi connectivity index (χ4n) is 2.74. The summed E-state index contributed by atoms with van der Waals surface area (Å²) < 4.78 is 4.98. The van der Waals surface area contributed by atoms with Gasteiger partial charge in [-0.25, -0.2) is 4.98 Å². The number of ether oxygens (including phenoxy) is 1. The normalized spacial score (nSPS) is 11.9. The highest BCUT2D eigenvalue weighted by Gasteiger charge is 2.24. The Hall–Kier alpha value is -2.93. The Morgan fingerprint density at radius 3 is 2.28 bits per heavy atom. The number of thioether (sulfide) groups is 1. The lowest BCUT2D eigenvalue weighted by Crippen LogP contribution is -2.12. The van der Waals surface area contributed by atoms with Crippen LogP contribution in [0.3, 0.4) is 0 Å². The summed E-state index contributed by atoms with van der Waals surface area (Å²) in [6, 6.07) is 17.6. The Morgan fingerprint density at radius 2 is 1.66 bits per heavy atom. The summed E-state index contributed by atoms with van der Waals surface area (Å²) in [5.41, 5.74) is 2.99. The second-order valence-corrected chi connectivity index (χ2v) is 7.89. The molecule has 1 atom stereocenters. The number of nitrogens with one attached hydrogen (secondary N) is 1. The topological polar surface area (TPSA) is 77.0 Å². The van der Waals surface area contributed by atoms with Crippen molar-refractivity contribution in [1.82, 2.24) is 15.0 Å². The average molecular weight is 409 g/mol. The molecule has 150 valence electrons. The van der Waals surface area contributed by atoms with Crippen LogP contribution in [0.4, 0.5) is 11.6 Å². The van der Waals surface area contributed by atoms with Gasteiger partial charge in [0, 0.05) is 5.69 Å². The third kappa shape index (κ3) is 5.54. The van der Waals surface area contributed by atoms with E-state index in [9.17, 15) is 4.79 Å². The molecule has 2 aromatic carbocycles. The molecule has 0 aliphatic rings. The van der Waals surface area contributed by atoms with E-state index in [2.05, 4.69) is 46.2 Å². The number of methoxy groups -OCH3 is 1. The Kier molecular flexibility index (Phi) is 6.82. The molecule has 0 amide bonds. The molecule has 1 N–H and O–H groups in total. The van der Waals surface area contributed by atoms with Gasteiger partial charge in [-0.05, 0) is 36.1 Å². The van der Waals surface area contributed by atoms with Crippen LogP contribution in [0.25, 0.3) is 0 Å². The Bertz CT molecular complexity index is 962. The maximum atomic E-state index is 12.3. The first-order valence-corrected chi connectivity index (χ1v) is 10.2. The molecule has 1 unspecified atom stereocenters. The molecule has 0 aliphatic heterocycles. The number of nitrogens with zero attached hydrogens (tertiary/aromatic N) is 3. The van der Waals surface area contributed by atoms with E-state index in [4.69, 9.17) is 4.74 Å². The van der Waals surface area contributed by atoms with Crippen molar-refractivity contribution < 1.29 is 9.53 Å². The maximum Gasteiger partial charge on any atom is 0.323 e. The molecule has 1 aromatic heterocycles. The van der Waals surface area contributed by atoms with Crippen molar-refractivity contribution in [2.24, 2.45) is 0 Å². The van der Waals surface area contributed by atoms with E-state index >= 15 is 0 Å². The van der Waals surface area contributed by atoms with Gasteiger partial charge in [0.1, 0.15) is 11.1 Å². The van der Waals surface area contributed by atoms with E-state index < -0.39 is 5.25 Å². The van der Waals surface area contributed by atoms with Crippen molar-refractivity contribution in [3.8, 4) is 0 Å². The van der Waals surface area contributed by atoms with Crippen molar-refractivity contribution in [3.63, 3.8) is 0 Å². The zero-order chi connectivity index (χ0) is 20.8. The van der Waals surface area contributed by atoms with Gasteiger partial charge in [-0.2, -0.15) is 9.97 Å². The van der Waals surface area contributed by atoms with E-state index in [0.717, 1.165) is 11.3 Å². The number of carbonyl (C=O) groups is 1. The summed E-state index contributed by atoms with van der Waals surface area (Å²) in [4.78, 5) is 25.6.